The fourth-order valence-electron chi connectivity index (χ4n) is 3.78. The van der Waals surface area contributed by atoms with Crippen molar-refractivity contribution < 1.29 is 27.8 Å². The molecule has 0 bridgehead atoms. The second-order valence-electron chi connectivity index (χ2n) is 7.33. The predicted octanol–water partition coefficient (Wildman–Crippen LogP) is 5.52. The van der Waals surface area contributed by atoms with Gasteiger partial charge in [0.25, 0.3) is 0 Å². The summed E-state index contributed by atoms with van der Waals surface area (Å²) in [6.45, 7) is 1.97. The van der Waals surface area contributed by atoms with Gasteiger partial charge in [-0.2, -0.15) is 5.10 Å². The maximum atomic E-state index is 12.7. The summed E-state index contributed by atoms with van der Waals surface area (Å²) in [5, 5.41) is 16.4. The lowest BCUT2D eigenvalue weighted by molar-refractivity contribution is -0.335. The molecule has 3 unspecified atom stereocenters. The Kier molecular flexibility index (Phi) is 5.50. The Labute approximate surface area is 174 Å². The van der Waals surface area contributed by atoms with Crippen molar-refractivity contribution in [1.82, 2.24) is 9.78 Å². The fraction of sp³-hybridized carbons (Fsp3) is 0.333. The van der Waals surface area contributed by atoms with Crippen molar-refractivity contribution >= 4 is 34.2 Å². The second-order valence-corrected chi connectivity index (χ2v) is 8.32. The van der Waals surface area contributed by atoms with Crippen molar-refractivity contribution in [2.45, 2.75) is 37.6 Å². The SMILES string of the molecule is CC1CC(C(=O)O)=CSC1n1nc(C2=CC(OC(F)(F)F)CC=C2)c2ccccc21. The zero-order valence-corrected chi connectivity index (χ0v) is 16.8. The number of carboxylic acids is 1. The van der Waals surface area contributed by atoms with Crippen molar-refractivity contribution in [3.8, 4) is 0 Å². The van der Waals surface area contributed by atoms with Gasteiger partial charge in [0.1, 0.15) is 5.37 Å². The topological polar surface area (TPSA) is 64.3 Å². The quantitative estimate of drug-likeness (QED) is 0.683. The number of rotatable bonds is 4. The average molecular weight is 436 g/mol. The lowest BCUT2D eigenvalue weighted by Crippen LogP contribution is -2.23. The van der Waals surface area contributed by atoms with E-state index in [9.17, 15) is 23.1 Å². The maximum absolute atomic E-state index is 12.7. The van der Waals surface area contributed by atoms with Gasteiger partial charge in [0.05, 0.1) is 17.3 Å². The molecule has 1 aromatic heterocycles. The first-order valence-corrected chi connectivity index (χ1v) is 10.4. The zero-order valence-electron chi connectivity index (χ0n) is 16.0. The van der Waals surface area contributed by atoms with Crippen LogP contribution in [0.15, 0.2) is 53.5 Å². The van der Waals surface area contributed by atoms with Crippen LogP contribution in [0.1, 0.15) is 30.8 Å². The van der Waals surface area contributed by atoms with E-state index in [2.05, 4.69) is 4.74 Å². The number of aromatic nitrogens is 2. The van der Waals surface area contributed by atoms with Gasteiger partial charge < -0.3 is 5.11 Å². The van der Waals surface area contributed by atoms with Crippen LogP contribution < -0.4 is 0 Å². The third-order valence-electron chi connectivity index (χ3n) is 5.10. The lowest BCUT2D eigenvalue weighted by atomic mass is 10.00. The number of halogens is 3. The van der Waals surface area contributed by atoms with Crippen molar-refractivity contribution in [3.63, 3.8) is 0 Å². The number of carboxylic acid groups (broad SMARTS) is 1. The molecule has 2 aromatic rings. The van der Waals surface area contributed by atoms with Gasteiger partial charge in [0, 0.05) is 16.5 Å². The molecule has 1 aliphatic carbocycles. The molecule has 0 amide bonds. The highest BCUT2D eigenvalue weighted by Gasteiger charge is 2.34. The summed E-state index contributed by atoms with van der Waals surface area (Å²) in [5.74, 6) is -0.911. The molecular weight excluding hydrogens is 417 g/mol. The smallest absolute Gasteiger partial charge is 0.478 e. The molecule has 5 nitrogen and oxygen atoms in total. The summed E-state index contributed by atoms with van der Waals surface area (Å²) in [6.07, 6.45) is -0.388. The van der Waals surface area contributed by atoms with Gasteiger partial charge in [0.15, 0.2) is 0 Å². The molecule has 1 aromatic carbocycles. The summed E-state index contributed by atoms with van der Waals surface area (Å²) >= 11 is 1.39. The summed E-state index contributed by atoms with van der Waals surface area (Å²) in [5.41, 5.74) is 2.36. The number of hydrogen-bond acceptors (Lipinski definition) is 4. The van der Waals surface area contributed by atoms with E-state index in [4.69, 9.17) is 5.10 Å². The van der Waals surface area contributed by atoms with Crippen LogP contribution in [0.5, 0.6) is 0 Å². The zero-order chi connectivity index (χ0) is 21.5. The number of carbonyl (C=O) groups is 1. The van der Waals surface area contributed by atoms with E-state index in [0.717, 1.165) is 10.9 Å². The molecule has 3 atom stereocenters. The van der Waals surface area contributed by atoms with Crippen molar-refractivity contribution in [2.24, 2.45) is 5.92 Å². The first kappa shape index (κ1) is 20.7. The molecule has 9 heteroatoms. The molecule has 158 valence electrons. The van der Waals surface area contributed by atoms with Crippen molar-refractivity contribution in [1.29, 1.82) is 0 Å². The Bertz CT molecular complexity index is 1070. The van der Waals surface area contributed by atoms with Crippen LogP contribution in [-0.2, 0) is 9.53 Å². The van der Waals surface area contributed by atoms with Gasteiger partial charge >= 0.3 is 12.3 Å². The van der Waals surface area contributed by atoms with Crippen molar-refractivity contribution in [2.75, 3.05) is 0 Å². The molecule has 0 saturated carbocycles. The molecular formula is C21H19F3N2O3S. The molecule has 0 radical (unpaired) electrons. The van der Waals surface area contributed by atoms with E-state index in [-0.39, 0.29) is 17.7 Å². The van der Waals surface area contributed by atoms with Crippen LogP contribution in [0, 0.1) is 5.92 Å². The molecule has 1 aliphatic heterocycles. The third-order valence-corrected chi connectivity index (χ3v) is 6.46. The van der Waals surface area contributed by atoms with E-state index < -0.39 is 18.4 Å². The van der Waals surface area contributed by atoms with E-state index in [1.807, 2.05) is 35.9 Å². The van der Waals surface area contributed by atoms with Gasteiger partial charge in [0.2, 0.25) is 0 Å². The van der Waals surface area contributed by atoms with Gasteiger partial charge in [-0.25, -0.2) is 4.79 Å². The van der Waals surface area contributed by atoms with Gasteiger partial charge in [-0.15, -0.1) is 24.9 Å². The molecule has 30 heavy (non-hydrogen) atoms. The number of ether oxygens (including phenoxy) is 1. The first-order chi connectivity index (χ1) is 14.2. The van der Waals surface area contributed by atoms with Crippen LogP contribution in [-0.4, -0.2) is 33.3 Å². The van der Waals surface area contributed by atoms with Gasteiger partial charge in [-0.3, -0.25) is 9.42 Å². The minimum absolute atomic E-state index is 0.0134. The summed E-state index contributed by atoms with van der Waals surface area (Å²) < 4.78 is 44.0. The van der Waals surface area contributed by atoms with Crippen LogP contribution in [0.4, 0.5) is 13.2 Å². The number of alkyl halides is 3. The van der Waals surface area contributed by atoms with E-state index in [0.29, 0.717) is 23.3 Å². The number of nitrogens with zero attached hydrogens (tertiary/aromatic N) is 2. The Balaban J connectivity index is 1.73. The number of fused-ring (bicyclic) bond motifs is 1. The van der Waals surface area contributed by atoms with E-state index >= 15 is 0 Å². The Morgan fingerprint density at radius 3 is 2.80 bits per heavy atom. The molecule has 0 saturated heterocycles. The average Bonchev–Trinajstić information content (AvgIpc) is 3.06. The van der Waals surface area contributed by atoms with Crippen LogP contribution in [0.2, 0.25) is 0 Å². The molecule has 0 spiro atoms. The number of allylic oxidation sites excluding steroid dienone is 2. The van der Waals surface area contributed by atoms with Crippen molar-refractivity contribution in [3.05, 3.63) is 59.2 Å². The second kappa shape index (κ2) is 7.96. The van der Waals surface area contributed by atoms with E-state index in [1.165, 1.54) is 17.8 Å². The number of para-hydroxylation sites is 1. The van der Waals surface area contributed by atoms with E-state index in [1.54, 1.807) is 17.6 Å². The molecule has 2 aliphatic rings. The number of benzene rings is 1. The van der Waals surface area contributed by atoms with Crippen LogP contribution in [0.3, 0.4) is 0 Å². The maximum Gasteiger partial charge on any atom is 0.523 e. The third kappa shape index (κ3) is 4.17. The first-order valence-electron chi connectivity index (χ1n) is 9.41. The predicted molar refractivity (Wildman–Crippen MR) is 109 cm³/mol. The number of hydrogen-bond donors (Lipinski definition) is 1. The normalized spacial score (nSPS) is 24.6. The standard InChI is InChI=1S/C21H19F3N2O3S/c1-12-9-14(20(27)28)11-30-19(12)26-17-8-3-2-7-16(17)18(25-26)13-5-4-6-15(10-13)29-21(22,23)24/h2-5,7-8,10-12,15,19H,6,9H2,1H3,(H,27,28). The highest BCUT2D eigenvalue weighted by molar-refractivity contribution is 8.02. The molecule has 0 fully saturated rings. The number of thioether (sulfide) groups is 1. The highest BCUT2D eigenvalue weighted by atomic mass is 32.2. The van der Waals surface area contributed by atoms with Crippen LogP contribution >= 0.6 is 11.8 Å². The molecule has 1 N–H and O–H groups in total. The summed E-state index contributed by atoms with van der Waals surface area (Å²) in [7, 11) is 0. The van der Waals surface area contributed by atoms with Gasteiger partial charge in [-0.1, -0.05) is 37.3 Å². The minimum Gasteiger partial charge on any atom is -0.478 e. The number of aliphatic carboxylic acids is 1. The van der Waals surface area contributed by atoms with Gasteiger partial charge in [-0.05, 0) is 36.3 Å². The lowest BCUT2D eigenvalue weighted by Gasteiger charge is -2.27. The summed E-state index contributed by atoms with van der Waals surface area (Å²) in [4.78, 5) is 11.3. The largest absolute Gasteiger partial charge is 0.523 e. The molecule has 4 rings (SSSR count). The fourth-order valence-corrected chi connectivity index (χ4v) is 4.92. The Morgan fingerprint density at radius 1 is 1.33 bits per heavy atom. The monoisotopic (exact) mass is 436 g/mol. The van der Waals surface area contributed by atoms with Crippen LogP contribution in [0.25, 0.3) is 16.5 Å². The molecule has 2 heterocycles. The highest BCUT2D eigenvalue weighted by Crippen LogP contribution is 2.43. The Hall–Kier alpha value is -2.52. The summed E-state index contributed by atoms with van der Waals surface area (Å²) in [6, 6.07) is 7.52. The minimum atomic E-state index is -4.71. The Morgan fingerprint density at radius 2 is 2.10 bits per heavy atom.